The molecule has 184 valence electrons. The number of para-hydroxylation sites is 2. The predicted octanol–water partition coefficient (Wildman–Crippen LogP) is 6.45. The molecular formula is C31H33N3O2. The van der Waals surface area contributed by atoms with Gasteiger partial charge in [0.2, 0.25) is 5.91 Å². The molecule has 1 aliphatic heterocycles. The van der Waals surface area contributed by atoms with Crippen LogP contribution in [0, 0.1) is 0 Å². The molecule has 1 aliphatic carbocycles. The van der Waals surface area contributed by atoms with Crippen molar-refractivity contribution in [3.05, 3.63) is 101 Å². The van der Waals surface area contributed by atoms with E-state index >= 15 is 0 Å². The lowest BCUT2D eigenvalue weighted by molar-refractivity contribution is -0.117. The van der Waals surface area contributed by atoms with Crippen LogP contribution in [0.1, 0.15) is 56.7 Å². The van der Waals surface area contributed by atoms with E-state index in [-0.39, 0.29) is 17.6 Å². The number of rotatable bonds is 5. The SMILES string of the molecule is CCN(CC)c1ccc([C@@H]2C3=C(C[C@@H](c4ccccc4)CC3=O)Nc3ccccc3N2C(C)=O)cc1. The average Bonchev–Trinajstić information content (AvgIpc) is 3.05. The van der Waals surface area contributed by atoms with Gasteiger partial charge >= 0.3 is 0 Å². The minimum absolute atomic E-state index is 0.0891. The molecule has 0 radical (unpaired) electrons. The van der Waals surface area contributed by atoms with Crippen molar-refractivity contribution in [1.29, 1.82) is 0 Å². The van der Waals surface area contributed by atoms with Crippen LogP contribution in [0.2, 0.25) is 0 Å². The fourth-order valence-electron chi connectivity index (χ4n) is 5.67. The first kappa shape index (κ1) is 23.9. The van der Waals surface area contributed by atoms with Gasteiger partial charge in [0, 0.05) is 43.4 Å². The van der Waals surface area contributed by atoms with Gasteiger partial charge in [-0.15, -0.1) is 0 Å². The number of nitrogens with zero attached hydrogens (tertiary/aromatic N) is 2. The van der Waals surface area contributed by atoms with Gasteiger partial charge in [-0.3, -0.25) is 14.5 Å². The monoisotopic (exact) mass is 479 g/mol. The normalized spacial score (nSPS) is 19.2. The molecule has 0 saturated heterocycles. The molecule has 0 unspecified atom stereocenters. The number of amides is 1. The molecular weight excluding hydrogens is 446 g/mol. The predicted molar refractivity (Wildman–Crippen MR) is 146 cm³/mol. The lowest BCUT2D eigenvalue weighted by Crippen LogP contribution is -2.37. The highest BCUT2D eigenvalue weighted by Gasteiger charge is 2.40. The summed E-state index contributed by atoms with van der Waals surface area (Å²) >= 11 is 0. The maximum absolute atomic E-state index is 13.9. The molecule has 1 amide bonds. The first-order chi connectivity index (χ1) is 17.5. The van der Waals surface area contributed by atoms with Gasteiger partial charge < -0.3 is 10.2 Å². The highest BCUT2D eigenvalue weighted by molar-refractivity contribution is 6.06. The van der Waals surface area contributed by atoms with Crippen LogP contribution >= 0.6 is 0 Å². The van der Waals surface area contributed by atoms with Crippen molar-refractivity contribution in [2.24, 2.45) is 0 Å². The summed E-state index contributed by atoms with van der Waals surface area (Å²) in [6, 6.07) is 26.0. The third kappa shape index (κ3) is 4.30. The number of carbonyl (C=O) groups is 2. The molecule has 5 heteroatoms. The Hall–Kier alpha value is -3.86. The van der Waals surface area contributed by atoms with Crippen LogP contribution in [0.4, 0.5) is 17.1 Å². The first-order valence-corrected chi connectivity index (χ1v) is 12.8. The molecule has 0 aromatic heterocycles. The smallest absolute Gasteiger partial charge is 0.224 e. The fraction of sp³-hybridized carbons (Fsp3) is 0.290. The Balaban J connectivity index is 1.66. The standard InChI is InChI=1S/C31H33N3O2/c1-4-33(5-2)25-17-15-23(16-18-25)31-30-27(19-24(20-29(30)36)22-11-7-6-8-12-22)32-26-13-9-10-14-28(26)34(31)21(3)35/h6-18,24,31-32H,4-5,19-20H2,1-3H3/t24-,31-/m1/s1. The number of fused-ring (bicyclic) bond motifs is 1. The zero-order chi connectivity index (χ0) is 25.2. The van der Waals surface area contributed by atoms with Crippen LogP contribution < -0.4 is 15.1 Å². The lowest BCUT2D eigenvalue weighted by Gasteiger charge is -2.35. The summed E-state index contributed by atoms with van der Waals surface area (Å²) in [7, 11) is 0. The molecule has 1 heterocycles. The third-order valence-electron chi connectivity index (χ3n) is 7.44. The van der Waals surface area contributed by atoms with E-state index in [0.29, 0.717) is 12.0 Å². The summed E-state index contributed by atoms with van der Waals surface area (Å²) in [6.45, 7) is 7.71. The number of benzene rings is 3. The minimum Gasteiger partial charge on any atom is -0.372 e. The Morgan fingerprint density at radius 3 is 2.22 bits per heavy atom. The Bertz CT molecular complexity index is 1290. The molecule has 0 saturated carbocycles. The summed E-state index contributed by atoms with van der Waals surface area (Å²) in [5, 5.41) is 3.58. The van der Waals surface area contributed by atoms with E-state index in [2.05, 4.69) is 60.5 Å². The van der Waals surface area contributed by atoms with E-state index in [0.717, 1.165) is 47.8 Å². The number of nitrogens with one attached hydrogen (secondary N) is 1. The Kier molecular flexibility index (Phi) is 6.64. The number of ketones is 1. The lowest BCUT2D eigenvalue weighted by atomic mass is 9.78. The van der Waals surface area contributed by atoms with E-state index in [1.54, 1.807) is 11.8 Å². The van der Waals surface area contributed by atoms with Crippen molar-refractivity contribution < 1.29 is 9.59 Å². The number of hydrogen-bond acceptors (Lipinski definition) is 4. The highest BCUT2D eigenvalue weighted by atomic mass is 16.2. The van der Waals surface area contributed by atoms with Gasteiger partial charge in [-0.1, -0.05) is 54.6 Å². The first-order valence-electron chi connectivity index (χ1n) is 12.8. The second kappa shape index (κ2) is 10.0. The van der Waals surface area contributed by atoms with Gasteiger partial charge in [0.1, 0.15) is 0 Å². The zero-order valence-corrected chi connectivity index (χ0v) is 21.2. The van der Waals surface area contributed by atoms with Crippen LogP contribution in [0.3, 0.4) is 0 Å². The van der Waals surface area contributed by atoms with Gasteiger partial charge in [-0.05, 0) is 61.6 Å². The molecule has 3 aromatic rings. The number of Topliss-reactive ketones (excluding diaryl/α,β-unsaturated/α-hetero) is 1. The topological polar surface area (TPSA) is 52.7 Å². The molecule has 0 spiro atoms. The van der Waals surface area contributed by atoms with Crippen molar-refractivity contribution in [2.75, 3.05) is 28.2 Å². The van der Waals surface area contributed by atoms with E-state index in [4.69, 9.17) is 0 Å². The van der Waals surface area contributed by atoms with E-state index in [9.17, 15) is 9.59 Å². The molecule has 0 bridgehead atoms. The molecule has 2 aliphatic rings. The largest absolute Gasteiger partial charge is 0.372 e. The van der Waals surface area contributed by atoms with Gasteiger partial charge in [-0.25, -0.2) is 0 Å². The summed E-state index contributed by atoms with van der Waals surface area (Å²) in [6.07, 6.45) is 1.15. The fourth-order valence-corrected chi connectivity index (χ4v) is 5.67. The van der Waals surface area contributed by atoms with Gasteiger partial charge in [-0.2, -0.15) is 0 Å². The summed E-state index contributed by atoms with van der Waals surface area (Å²) in [5.41, 5.74) is 6.50. The maximum atomic E-state index is 13.9. The van der Waals surface area contributed by atoms with E-state index < -0.39 is 6.04 Å². The number of carbonyl (C=O) groups excluding carboxylic acids is 2. The summed E-state index contributed by atoms with van der Waals surface area (Å²) < 4.78 is 0. The van der Waals surface area contributed by atoms with E-state index in [1.807, 2.05) is 42.5 Å². The van der Waals surface area contributed by atoms with Crippen molar-refractivity contribution >= 4 is 28.8 Å². The Labute approximate surface area is 213 Å². The quantitative estimate of drug-likeness (QED) is 0.457. The van der Waals surface area contributed by atoms with Crippen molar-refractivity contribution in [3.8, 4) is 0 Å². The van der Waals surface area contributed by atoms with Crippen LogP contribution in [-0.2, 0) is 9.59 Å². The molecule has 0 fully saturated rings. The molecule has 3 aromatic carbocycles. The average molecular weight is 480 g/mol. The summed E-state index contributed by atoms with van der Waals surface area (Å²) in [5.74, 6) is 0.106. The highest BCUT2D eigenvalue weighted by Crippen LogP contribution is 2.47. The zero-order valence-electron chi connectivity index (χ0n) is 21.2. The third-order valence-corrected chi connectivity index (χ3v) is 7.44. The second-order valence-corrected chi connectivity index (χ2v) is 9.53. The van der Waals surface area contributed by atoms with Crippen LogP contribution in [0.5, 0.6) is 0 Å². The molecule has 1 N–H and O–H groups in total. The van der Waals surface area contributed by atoms with Crippen LogP contribution in [0.25, 0.3) is 0 Å². The Morgan fingerprint density at radius 2 is 1.56 bits per heavy atom. The maximum Gasteiger partial charge on any atom is 0.224 e. The molecule has 5 nitrogen and oxygen atoms in total. The van der Waals surface area contributed by atoms with Gasteiger partial charge in [0.05, 0.1) is 17.4 Å². The van der Waals surface area contributed by atoms with Gasteiger partial charge in [0.25, 0.3) is 0 Å². The van der Waals surface area contributed by atoms with Crippen molar-refractivity contribution in [2.45, 2.75) is 45.6 Å². The molecule has 2 atom stereocenters. The minimum atomic E-state index is -0.483. The van der Waals surface area contributed by atoms with Crippen LogP contribution in [0.15, 0.2) is 90.1 Å². The van der Waals surface area contributed by atoms with Gasteiger partial charge in [0.15, 0.2) is 5.78 Å². The number of anilines is 3. The molecule has 5 rings (SSSR count). The van der Waals surface area contributed by atoms with Crippen LogP contribution in [-0.4, -0.2) is 24.8 Å². The second-order valence-electron chi connectivity index (χ2n) is 9.53. The van der Waals surface area contributed by atoms with Crippen molar-refractivity contribution in [3.63, 3.8) is 0 Å². The number of allylic oxidation sites excluding steroid dienone is 1. The molecule has 36 heavy (non-hydrogen) atoms. The summed E-state index contributed by atoms with van der Waals surface area (Å²) in [4.78, 5) is 31.2. The number of hydrogen-bond donors (Lipinski definition) is 1. The van der Waals surface area contributed by atoms with E-state index in [1.165, 1.54) is 5.56 Å². The Morgan fingerprint density at radius 1 is 0.889 bits per heavy atom. The van der Waals surface area contributed by atoms with Crippen molar-refractivity contribution in [1.82, 2.24) is 0 Å².